The molecule has 0 aliphatic heterocycles. The zero-order valence-electron chi connectivity index (χ0n) is 28.7. The molecule has 5 N–H and O–H groups in total. The third-order valence-corrected chi connectivity index (χ3v) is 7.90. The Morgan fingerprint density at radius 1 is 0.792 bits per heavy atom. The van der Waals surface area contributed by atoms with Crippen LogP contribution < -0.4 is 20.3 Å². The number of carboxylic acids is 2. The van der Waals surface area contributed by atoms with Crippen molar-refractivity contribution in [1.29, 1.82) is 0 Å². The van der Waals surface area contributed by atoms with Gasteiger partial charge in [-0.25, -0.2) is 19.2 Å². The fourth-order valence-corrected chi connectivity index (χ4v) is 5.30. The first-order chi connectivity index (χ1) is 25.4. The van der Waals surface area contributed by atoms with E-state index in [9.17, 15) is 44.1 Å². The van der Waals surface area contributed by atoms with Crippen molar-refractivity contribution >= 4 is 47.2 Å². The summed E-state index contributed by atoms with van der Waals surface area (Å²) in [6, 6.07) is 22.4. The minimum atomic E-state index is -1.80. The number of nitrogens with one attached hydrogen (secondary N) is 2. The van der Waals surface area contributed by atoms with Gasteiger partial charge in [0.2, 0.25) is 5.91 Å². The van der Waals surface area contributed by atoms with Crippen LogP contribution in [0.15, 0.2) is 91.0 Å². The second-order valence-electron chi connectivity index (χ2n) is 11.4. The minimum Gasteiger partial charge on any atom is -0.507 e. The second kappa shape index (κ2) is 18.4. The van der Waals surface area contributed by atoms with Gasteiger partial charge < -0.3 is 40.2 Å². The van der Waals surface area contributed by atoms with Crippen LogP contribution in [0.5, 0.6) is 11.5 Å². The second-order valence-corrected chi connectivity index (χ2v) is 11.4. The molecule has 276 valence electrons. The third-order valence-electron chi connectivity index (χ3n) is 7.90. The van der Waals surface area contributed by atoms with Crippen LogP contribution in [-0.2, 0) is 30.3 Å². The number of phenolic OH excluding ortho intramolecular Hbond substituents is 1. The Bertz CT molecular complexity index is 1970. The van der Waals surface area contributed by atoms with E-state index in [-0.39, 0.29) is 53.6 Å². The molecule has 4 aromatic carbocycles. The van der Waals surface area contributed by atoms with Crippen molar-refractivity contribution in [3.8, 4) is 22.6 Å². The lowest BCUT2D eigenvalue weighted by atomic mass is 10.0. The van der Waals surface area contributed by atoms with Gasteiger partial charge in [0.25, 0.3) is 0 Å². The maximum atomic E-state index is 13.2. The molecule has 0 bridgehead atoms. The maximum Gasteiger partial charge on any atom is 0.407 e. The highest BCUT2D eigenvalue weighted by Gasteiger charge is 2.28. The summed E-state index contributed by atoms with van der Waals surface area (Å²) in [5.74, 6) is -6.02. The summed E-state index contributed by atoms with van der Waals surface area (Å²) >= 11 is 0. The topological polar surface area (TPSA) is 218 Å². The molecular weight excluding hydrogens is 690 g/mol. The zero-order valence-corrected chi connectivity index (χ0v) is 28.7. The molecule has 4 aromatic rings. The van der Waals surface area contributed by atoms with Gasteiger partial charge in [-0.2, -0.15) is 0 Å². The van der Waals surface area contributed by atoms with Crippen molar-refractivity contribution in [2.45, 2.75) is 25.3 Å². The summed E-state index contributed by atoms with van der Waals surface area (Å²) in [5.41, 5.74) is 1.43. The number of aromatic carboxylic acids is 1. The van der Waals surface area contributed by atoms with Gasteiger partial charge in [0, 0.05) is 18.7 Å². The summed E-state index contributed by atoms with van der Waals surface area (Å²) in [5, 5.41) is 34.9. The molecule has 0 aromatic heterocycles. The van der Waals surface area contributed by atoms with Crippen LogP contribution in [0.1, 0.15) is 39.1 Å². The largest absolute Gasteiger partial charge is 0.507 e. The summed E-state index contributed by atoms with van der Waals surface area (Å²) in [4.78, 5) is 74.6. The van der Waals surface area contributed by atoms with Crippen LogP contribution in [0.25, 0.3) is 11.1 Å². The number of alkyl carbamates (subject to hydrolysis) is 1. The molecular formula is C38H37N3O12. The molecule has 0 saturated heterocycles. The number of rotatable bonds is 15. The molecule has 0 heterocycles. The van der Waals surface area contributed by atoms with Gasteiger partial charge in [0.15, 0.2) is 0 Å². The highest BCUT2D eigenvalue weighted by Crippen LogP contribution is 2.35. The van der Waals surface area contributed by atoms with Crippen molar-refractivity contribution in [2.75, 3.05) is 32.3 Å². The van der Waals surface area contributed by atoms with E-state index in [1.807, 2.05) is 30.3 Å². The number of unbranched alkanes of at least 4 members (excludes halogenated alkanes) is 1. The normalized spacial score (nSPS) is 11.1. The number of aromatic hydroxyl groups is 1. The molecule has 3 amide bonds. The maximum absolute atomic E-state index is 13.2. The van der Waals surface area contributed by atoms with E-state index < -0.39 is 41.9 Å². The van der Waals surface area contributed by atoms with Crippen molar-refractivity contribution in [2.24, 2.45) is 0 Å². The SMILES string of the molecule is COC(=O)NC(Cc1ccc(N(C(=O)C(=O)O)c2ccccc2C(=O)O)cc1)C(=O)NCCCCOc1cc(-c2ccccc2)cc(O)c1C(=O)OC. The Morgan fingerprint density at radius 2 is 1.47 bits per heavy atom. The lowest BCUT2D eigenvalue weighted by molar-refractivity contribution is -0.148. The highest BCUT2D eigenvalue weighted by molar-refractivity contribution is 6.39. The van der Waals surface area contributed by atoms with Crippen molar-refractivity contribution in [1.82, 2.24) is 10.6 Å². The number of ether oxygens (including phenoxy) is 3. The number of methoxy groups -OCH3 is 2. The van der Waals surface area contributed by atoms with Crippen molar-refractivity contribution < 1.29 is 58.3 Å². The molecule has 15 nitrogen and oxygen atoms in total. The fourth-order valence-electron chi connectivity index (χ4n) is 5.30. The van der Waals surface area contributed by atoms with Crippen LogP contribution in [0.3, 0.4) is 0 Å². The van der Waals surface area contributed by atoms with Gasteiger partial charge in [0.1, 0.15) is 23.1 Å². The summed E-state index contributed by atoms with van der Waals surface area (Å²) in [7, 11) is 2.34. The number of anilines is 2. The number of carbonyl (C=O) groups excluding carboxylic acids is 4. The molecule has 0 aliphatic rings. The van der Waals surface area contributed by atoms with Gasteiger partial charge in [0.05, 0.1) is 32.1 Å². The molecule has 0 aliphatic carbocycles. The average molecular weight is 728 g/mol. The molecule has 53 heavy (non-hydrogen) atoms. The zero-order chi connectivity index (χ0) is 38.5. The Kier molecular flexibility index (Phi) is 13.5. The van der Waals surface area contributed by atoms with Gasteiger partial charge in [-0.05, 0) is 65.9 Å². The number of para-hydroxylation sites is 1. The molecule has 15 heteroatoms. The van der Waals surface area contributed by atoms with E-state index in [2.05, 4.69) is 15.4 Å². The summed E-state index contributed by atoms with van der Waals surface area (Å²) in [6.45, 7) is 0.320. The number of esters is 1. The molecule has 0 spiro atoms. The third kappa shape index (κ3) is 10.1. The number of nitrogens with zero attached hydrogens (tertiary/aromatic N) is 1. The first-order valence-corrected chi connectivity index (χ1v) is 16.2. The summed E-state index contributed by atoms with van der Waals surface area (Å²) < 4.78 is 15.4. The van der Waals surface area contributed by atoms with Crippen LogP contribution >= 0.6 is 0 Å². The Hall–Kier alpha value is -6.90. The first-order valence-electron chi connectivity index (χ1n) is 16.2. The number of aliphatic carboxylic acids is 1. The van der Waals surface area contributed by atoms with E-state index in [0.29, 0.717) is 24.0 Å². The smallest absolute Gasteiger partial charge is 0.407 e. The van der Waals surface area contributed by atoms with Gasteiger partial charge in [-0.15, -0.1) is 0 Å². The molecule has 1 atom stereocenters. The molecule has 1 unspecified atom stereocenters. The van der Waals surface area contributed by atoms with Crippen LogP contribution in [-0.4, -0.2) is 84.5 Å². The highest BCUT2D eigenvalue weighted by atomic mass is 16.5. The predicted molar refractivity (Wildman–Crippen MR) is 190 cm³/mol. The van der Waals surface area contributed by atoms with Crippen LogP contribution in [0.4, 0.5) is 16.2 Å². The lowest BCUT2D eigenvalue weighted by Crippen LogP contribution is -2.48. The number of carbonyl (C=O) groups is 6. The van der Waals surface area contributed by atoms with Gasteiger partial charge in [-0.1, -0.05) is 54.6 Å². The van der Waals surface area contributed by atoms with E-state index in [0.717, 1.165) is 17.6 Å². The van der Waals surface area contributed by atoms with E-state index >= 15 is 0 Å². The number of hydrogen-bond acceptors (Lipinski definition) is 10. The van der Waals surface area contributed by atoms with Gasteiger partial charge >= 0.3 is 29.9 Å². The lowest BCUT2D eigenvalue weighted by Gasteiger charge is -2.23. The number of amides is 3. The predicted octanol–water partition coefficient (Wildman–Crippen LogP) is 4.54. The van der Waals surface area contributed by atoms with Crippen LogP contribution in [0.2, 0.25) is 0 Å². The van der Waals surface area contributed by atoms with E-state index in [4.69, 9.17) is 9.47 Å². The number of carboxylic acid groups (broad SMARTS) is 2. The Labute approximate surface area is 303 Å². The van der Waals surface area contributed by atoms with Crippen LogP contribution in [0, 0.1) is 0 Å². The molecule has 4 rings (SSSR count). The Morgan fingerprint density at radius 3 is 2.11 bits per heavy atom. The van der Waals surface area contributed by atoms with Crippen molar-refractivity contribution in [3.05, 3.63) is 108 Å². The minimum absolute atomic E-state index is 0.0273. The summed E-state index contributed by atoms with van der Waals surface area (Å²) in [6.07, 6.45) is -0.0135. The average Bonchev–Trinajstić information content (AvgIpc) is 3.16. The standard InChI is InChI=1S/C38H37N3O12/c1-51-37(49)32-30(42)21-25(24-10-4-3-5-11-24)22-31(32)53-19-9-8-18-39-33(43)28(40-38(50)52-2)20-23-14-16-26(17-15-23)41(34(44)36(47)48)29-13-7-6-12-27(29)35(45)46/h3-7,10-17,21-22,28,42H,8-9,18-20H2,1-2H3,(H,39,43)(H,40,50)(H,45,46)(H,47,48). The number of hydrogen-bond donors (Lipinski definition) is 5. The van der Waals surface area contributed by atoms with Gasteiger partial charge in [-0.3, -0.25) is 14.5 Å². The number of benzene rings is 4. The monoisotopic (exact) mass is 727 g/mol. The first kappa shape index (κ1) is 38.9. The molecule has 0 fully saturated rings. The quantitative estimate of drug-likeness (QED) is 0.0648. The van der Waals surface area contributed by atoms with E-state index in [1.165, 1.54) is 61.7 Å². The molecule has 0 saturated carbocycles. The van der Waals surface area contributed by atoms with E-state index in [1.54, 1.807) is 6.07 Å². The van der Waals surface area contributed by atoms with Crippen molar-refractivity contribution in [3.63, 3.8) is 0 Å². The molecule has 0 radical (unpaired) electrons. The fraction of sp³-hybridized carbons (Fsp3) is 0.211. The Balaban J connectivity index is 1.40. The number of phenols is 1.